The number of rotatable bonds is 7. The van der Waals surface area contributed by atoms with E-state index in [4.69, 9.17) is 4.74 Å². The molecule has 0 bridgehead atoms. The van der Waals surface area contributed by atoms with Gasteiger partial charge in [-0.2, -0.15) is 0 Å². The van der Waals surface area contributed by atoms with Crippen molar-refractivity contribution in [1.29, 1.82) is 0 Å². The van der Waals surface area contributed by atoms with Crippen molar-refractivity contribution in [3.63, 3.8) is 0 Å². The number of nitrogens with zero attached hydrogens (tertiary/aromatic N) is 4. The summed E-state index contributed by atoms with van der Waals surface area (Å²) in [5.74, 6) is 1.77. The van der Waals surface area contributed by atoms with E-state index in [0.717, 1.165) is 28.4 Å². The molecule has 0 aliphatic heterocycles. The Morgan fingerprint density at radius 2 is 1.83 bits per heavy atom. The Morgan fingerprint density at radius 3 is 2.47 bits per heavy atom. The van der Waals surface area contributed by atoms with Crippen LogP contribution in [0.3, 0.4) is 0 Å². The molecule has 4 rings (SSSR count). The number of methoxy groups -OCH3 is 1. The van der Waals surface area contributed by atoms with Gasteiger partial charge in [0.2, 0.25) is 0 Å². The number of pyridine rings is 1. The predicted molar refractivity (Wildman–Crippen MR) is 116 cm³/mol. The summed E-state index contributed by atoms with van der Waals surface area (Å²) in [6.45, 7) is 3.85. The van der Waals surface area contributed by atoms with Crippen molar-refractivity contribution < 1.29 is 9.53 Å². The molecule has 0 saturated heterocycles. The molecule has 0 atom stereocenters. The van der Waals surface area contributed by atoms with Crippen molar-refractivity contribution in [2.75, 3.05) is 12.9 Å². The smallest absolute Gasteiger partial charge is 0.196 e. The van der Waals surface area contributed by atoms with Gasteiger partial charge < -0.3 is 9.72 Å². The SMILES string of the molecule is COc1ccc(-n2c(SCC(=O)c3cc(C)[nH]c3C)nnc2-c2ccncc2)cc1. The number of nitrogens with one attached hydrogen (secondary N) is 1. The van der Waals surface area contributed by atoms with Crippen LogP contribution in [-0.4, -0.2) is 43.4 Å². The first-order chi connectivity index (χ1) is 14.6. The summed E-state index contributed by atoms with van der Waals surface area (Å²) < 4.78 is 7.22. The highest BCUT2D eigenvalue weighted by atomic mass is 32.2. The second-order valence-electron chi connectivity index (χ2n) is 6.78. The lowest BCUT2D eigenvalue weighted by Crippen LogP contribution is -2.05. The summed E-state index contributed by atoms with van der Waals surface area (Å²) in [4.78, 5) is 20.0. The van der Waals surface area contributed by atoms with E-state index >= 15 is 0 Å². The van der Waals surface area contributed by atoms with Crippen LogP contribution < -0.4 is 4.74 Å². The Balaban J connectivity index is 1.68. The molecule has 0 aliphatic rings. The van der Waals surface area contributed by atoms with Crippen LogP contribution in [0.15, 0.2) is 60.0 Å². The molecule has 0 unspecified atom stereocenters. The number of hydrogen-bond acceptors (Lipinski definition) is 6. The monoisotopic (exact) mass is 419 g/mol. The Labute approximate surface area is 178 Å². The highest BCUT2D eigenvalue weighted by Crippen LogP contribution is 2.29. The quantitative estimate of drug-likeness (QED) is 0.356. The zero-order valence-electron chi connectivity index (χ0n) is 16.9. The predicted octanol–water partition coefficient (Wildman–Crippen LogP) is 4.26. The number of thioether (sulfide) groups is 1. The zero-order valence-corrected chi connectivity index (χ0v) is 17.7. The van der Waals surface area contributed by atoms with Crippen LogP contribution in [0, 0.1) is 13.8 Å². The van der Waals surface area contributed by atoms with Crippen LogP contribution in [0.4, 0.5) is 0 Å². The summed E-state index contributed by atoms with van der Waals surface area (Å²) in [7, 11) is 1.63. The van der Waals surface area contributed by atoms with Crippen LogP contribution in [0.5, 0.6) is 5.75 Å². The number of carbonyl (C=O) groups is 1. The molecule has 1 aromatic carbocycles. The van der Waals surface area contributed by atoms with E-state index in [1.807, 2.05) is 60.9 Å². The first-order valence-corrected chi connectivity index (χ1v) is 10.4. The zero-order chi connectivity index (χ0) is 21.1. The number of hydrogen-bond donors (Lipinski definition) is 1. The molecular weight excluding hydrogens is 398 g/mol. The minimum absolute atomic E-state index is 0.0524. The standard InChI is InChI=1S/C22H21N5O2S/c1-14-12-19(15(2)24-14)20(28)13-30-22-26-25-21(16-8-10-23-11-9-16)27(22)17-4-6-18(29-3)7-5-17/h4-12,24H,13H2,1-3H3. The minimum Gasteiger partial charge on any atom is -0.497 e. The van der Waals surface area contributed by atoms with Gasteiger partial charge >= 0.3 is 0 Å². The van der Waals surface area contributed by atoms with Gasteiger partial charge in [-0.1, -0.05) is 11.8 Å². The lowest BCUT2D eigenvalue weighted by molar-refractivity contribution is 0.102. The van der Waals surface area contributed by atoms with E-state index < -0.39 is 0 Å². The Bertz CT molecular complexity index is 1170. The van der Waals surface area contributed by atoms with Crippen LogP contribution >= 0.6 is 11.8 Å². The molecule has 0 fully saturated rings. The van der Waals surface area contributed by atoms with Crippen molar-refractivity contribution in [1.82, 2.24) is 24.7 Å². The molecule has 0 amide bonds. The first kappa shape index (κ1) is 19.9. The van der Waals surface area contributed by atoms with Gasteiger partial charge in [0.25, 0.3) is 0 Å². The molecule has 0 aliphatic carbocycles. The summed E-state index contributed by atoms with van der Waals surface area (Å²) in [5, 5.41) is 9.41. The molecule has 3 heterocycles. The second-order valence-corrected chi connectivity index (χ2v) is 7.72. The van der Waals surface area contributed by atoms with E-state index in [0.29, 0.717) is 16.5 Å². The van der Waals surface area contributed by atoms with E-state index in [1.54, 1.807) is 19.5 Å². The minimum atomic E-state index is 0.0524. The van der Waals surface area contributed by atoms with E-state index in [9.17, 15) is 4.79 Å². The Hall–Kier alpha value is -3.39. The molecule has 4 aromatic rings. The lowest BCUT2D eigenvalue weighted by Gasteiger charge is -2.11. The summed E-state index contributed by atoms with van der Waals surface area (Å²) in [6, 6.07) is 13.3. The third-order valence-electron chi connectivity index (χ3n) is 4.68. The lowest BCUT2D eigenvalue weighted by atomic mass is 10.2. The molecular formula is C22H21N5O2S. The fourth-order valence-corrected chi connectivity index (χ4v) is 4.07. The Kier molecular flexibility index (Phi) is 5.67. The van der Waals surface area contributed by atoms with Gasteiger partial charge in [0.05, 0.1) is 12.9 Å². The number of ether oxygens (including phenoxy) is 1. The first-order valence-electron chi connectivity index (χ1n) is 9.39. The van der Waals surface area contributed by atoms with Gasteiger partial charge in [-0.05, 0) is 56.3 Å². The number of ketones is 1. The van der Waals surface area contributed by atoms with Crippen LogP contribution in [0.25, 0.3) is 17.1 Å². The highest BCUT2D eigenvalue weighted by molar-refractivity contribution is 7.99. The van der Waals surface area contributed by atoms with Crippen molar-refractivity contribution in [3.8, 4) is 22.8 Å². The number of H-pyrrole nitrogens is 1. The number of carbonyl (C=O) groups excluding carboxylic acids is 1. The number of benzene rings is 1. The van der Waals surface area contributed by atoms with E-state index in [2.05, 4.69) is 20.2 Å². The molecule has 7 nitrogen and oxygen atoms in total. The third-order valence-corrected chi connectivity index (χ3v) is 5.61. The molecule has 8 heteroatoms. The number of aryl methyl sites for hydroxylation is 2. The van der Waals surface area contributed by atoms with Crippen molar-refractivity contribution in [3.05, 3.63) is 71.8 Å². The van der Waals surface area contributed by atoms with Crippen molar-refractivity contribution in [2.24, 2.45) is 0 Å². The average molecular weight is 420 g/mol. The molecule has 152 valence electrons. The summed E-state index contributed by atoms with van der Waals surface area (Å²) in [6.07, 6.45) is 3.44. The highest BCUT2D eigenvalue weighted by Gasteiger charge is 2.19. The van der Waals surface area contributed by atoms with Crippen molar-refractivity contribution >= 4 is 17.5 Å². The van der Waals surface area contributed by atoms with Gasteiger partial charge in [-0.25, -0.2) is 0 Å². The van der Waals surface area contributed by atoms with E-state index in [1.165, 1.54) is 11.8 Å². The number of Topliss-reactive ketones (excluding diaryl/α,β-unsaturated/α-hetero) is 1. The largest absolute Gasteiger partial charge is 0.497 e. The fourth-order valence-electron chi connectivity index (χ4n) is 3.24. The van der Waals surface area contributed by atoms with Crippen LogP contribution in [-0.2, 0) is 0 Å². The van der Waals surface area contributed by atoms with Gasteiger partial charge in [-0.15, -0.1) is 10.2 Å². The van der Waals surface area contributed by atoms with Crippen LogP contribution in [0.2, 0.25) is 0 Å². The fraction of sp³-hybridized carbons (Fsp3) is 0.182. The number of aromatic amines is 1. The van der Waals surface area contributed by atoms with Crippen molar-refractivity contribution in [2.45, 2.75) is 19.0 Å². The molecule has 1 N–H and O–H groups in total. The normalized spacial score (nSPS) is 10.9. The topological polar surface area (TPSA) is 85.7 Å². The number of aromatic nitrogens is 5. The van der Waals surface area contributed by atoms with Crippen LogP contribution in [0.1, 0.15) is 21.7 Å². The molecule has 30 heavy (non-hydrogen) atoms. The maximum absolute atomic E-state index is 12.7. The average Bonchev–Trinajstić information content (AvgIpc) is 3.35. The maximum Gasteiger partial charge on any atom is 0.196 e. The maximum atomic E-state index is 12.7. The Morgan fingerprint density at radius 1 is 1.10 bits per heavy atom. The summed E-state index contributed by atoms with van der Waals surface area (Å²) >= 11 is 1.37. The van der Waals surface area contributed by atoms with E-state index in [-0.39, 0.29) is 11.5 Å². The third kappa shape index (κ3) is 3.99. The molecule has 0 spiro atoms. The molecule has 3 aromatic heterocycles. The molecule has 0 radical (unpaired) electrons. The van der Waals surface area contributed by atoms with Gasteiger partial charge in [-0.3, -0.25) is 14.3 Å². The summed E-state index contributed by atoms with van der Waals surface area (Å²) in [5.41, 5.74) is 4.35. The van der Waals surface area contributed by atoms with Gasteiger partial charge in [0, 0.05) is 40.6 Å². The molecule has 0 saturated carbocycles. The van der Waals surface area contributed by atoms with Gasteiger partial charge in [0.15, 0.2) is 16.8 Å². The second kappa shape index (κ2) is 8.54. The van der Waals surface area contributed by atoms with Gasteiger partial charge in [0.1, 0.15) is 5.75 Å².